The Labute approximate surface area is 126 Å². The highest BCUT2D eigenvalue weighted by atomic mass is 16.6. The summed E-state index contributed by atoms with van der Waals surface area (Å²) in [5, 5.41) is 2.56. The number of carbonyl (C=O) groups excluding carboxylic acids is 3. The van der Waals surface area contributed by atoms with Gasteiger partial charge in [0.25, 0.3) is 0 Å². The monoisotopic (exact) mass is 301 g/mol. The first-order valence-electron chi connectivity index (χ1n) is 7.08. The Morgan fingerprint density at radius 3 is 2.00 bits per heavy atom. The smallest absolute Gasteiger partial charge is 0.328 e. The number of rotatable bonds is 6. The van der Waals surface area contributed by atoms with Crippen molar-refractivity contribution in [2.45, 2.75) is 59.6 Å². The van der Waals surface area contributed by atoms with E-state index in [1.54, 1.807) is 20.8 Å². The second kappa shape index (κ2) is 8.00. The average molecular weight is 301 g/mol. The molecule has 21 heavy (non-hydrogen) atoms. The Morgan fingerprint density at radius 2 is 1.62 bits per heavy atom. The average Bonchev–Trinajstić information content (AvgIpc) is 2.31. The third-order valence-electron chi connectivity index (χ3n) is 2.86. The second-order valence-corrected chi connectivity index (χ2v) is 6.39. The van der Waals surface area contributed by atoms with Gasteiger partial charge in [-0.15, -0.1) is 0 Å². The molecule has 0 aromatic heterocycles. The van der Waals surface area contributed by atoms with Crippen molar-refractivity contribution in [3.8, 4) is 0 Å². The number of hydrogen-bond donors (Lipinski definition) is 1. The quantitative estimate of drug-likeness (QED) is 0.755. The minimum atomic E-state index is -0.748. The van der Waals surface area contributed by atoms with Crippen molar-refractivity contribution in [1.29, 1.82) is 0 Å². The summed E-state index contributed by atoms with van der Waals surface area (Å²) in [6, 6.07) is -0.748. The Kier molecular flexibility index (Phi) is 7.39. The van der Waals surface area contributed by atoms with Crippen LogP contribution in [0.25, 0.3) is 0 Å². The molecule has 0 rings (SSSR count). The molecule has 0 aliphatic rings. The van der Waals surface area contributed by atoms with Gasteiger partial charge in [0.2, 0.25) is 5.91 Å². The number of amides is 1. The Bertz CT molecular complexity index is 384. The van der Waals surface area contributed by atoms with E-state index in [9.17, 15) is 14.4 Å². The molecule has 1 N–H and O–H groups in total. The van der Waals surface area contributed by atoms with Crippen LogP contribution < -0.4 is 5.32 Å². The molecule has 0 spiro atoms. The highest BCUT2D eigenvalue weighted by Gasteiger charge is 2.29. The molecular formula is C15H27NO5. The number of hydrogen-bond acceptors (Lipinski definition) is 5. The Morgan fingerprint density at radius 1 is 1.10 bits per heavy atom. The molecule has 0 fully saturated rings. The summed E-state index contributed by atoms with van der Waals surface area (Å²) in [4.78, 5) is 35.4. The minimum absolute atomic E-state index is 0.0192. The third kappa shape index (κ3) is 7.68. The summed E-state index contributed by atoms with van der Waals surface area (Å²) in [6.07, 6.45) is -0.0192. The summed E-state index contributed by atoms with van der Waals surface area (Å²) < 4.78 is 9.79. The number of ether oxygens (including phenoxy) is 2. The zero-order valence-electron chi connectivity index (χ0n) is 14.0. The van der Waals surface area contributed by atoms with Crippen molar-refractivity contribution in [3.63, 3.8) is 0 Å². The molecule has 0 bridgehead atoms. The molecule has 6 nitrogen and oxygen atoms in total. The third-order valence-corrected chi connectivity index (χ3v) is 2.86. The number of esters is 2. The van der Waals surface area contributed by atoms with Gasteiger partial charge in [-0.05, 0) is 33.6 Å². The zero-order valence-corrected chi connectivity index (χ0v) is 14.0. The van der Waals surface area contributed by atoms with E-state index in [1.165, 1.54) is 14.0 Å². The highest BCUT2D eigenvalue weighted by Crippen LogP contribution is 2.19. The largest absolute Gasteiger partial charge is 0.467 e. The lowest BCUT2D eigenvalue weighted by Crippen LogP contribution is -2.44. The first-order valence-corrected chi connectivity index (χ1v) is 7.08. The van der Waals surface area contributed by atoms with Crippen LogP contribution in [0.4, 0.5) is 0 Å². The van der Waals surface area contributed by atoms with Gasteiger partial charge in [0.05, 0.1) is 19.4 Å². The van der Waals surface area contributed by atoms with Crippen LogP contribution in [0.1, 0.15) is 48.0 Å². The minimum Gasteiger partial charge on any atom is -0.467 e. The number of nitrogens with one attached hydrogen (secondary N) is 1. The maximum Gasteiger partial charge on any atom is 0.328 e. The van der Waals surface area contributed by atoms with E-state index in [-0.39, 0.29) is 18.2 Å². The van der Waals surface area contributed by atoms with Crippen molar-refractivity contribution in [2.24, 2.45) is 11.8 Å². The van der Waals surface area contributed by atoms with Crippen LogP contribution in [0.2, 0.25) is 0 Å². The topological polar surface area (TPSA) is 81.7 Å². The standard InChI is InChI=1S/C15H27NO5/c1-9(2)11(8-12(17)21-15(4,5)6)13(18)16-10(3)14(19)20-7/h9-11H,8H2,1-7H3,(H,16,18)/t10-,11-/m0/s1. The second-order valence-electron chi connectivity index (χ2n) is 6.39. The maximum absolute atomic E-state index is 12.2. The zero-order chi connectivity index (χ0) is 16.8. The molecule has 122 valence electrons. The van der Waals surface area contributed by atoms with Crippen LogP contribution in [0.5, 0.6) is 0 Å². The van der Waals surface area contributed by atoms with E-state index in [0.717, 1.165) is 0 Å². The van der Waals surface area contributed by atoms with Crippen LogP contribution in [-0.2, 0) is 23.9 Å². The van der Waals surface area contributed by atoms with E-state index in [0.29, 0.717) is 0 Å². The summed E-state index contributed by atoms with van der Waals surface area (Å²) in [5.41, 5.74) is -0.589. The van der Waals surface area contributed by atoms with Crippen molar-refractivity contribution >= 4 is 17.8 Å². The molecule has 1 amide bonds. The fourth-order valence-electron chi connectivity index (χ4n) is 1.75. The van der Waals surface area contributed by atoms with Crippen LogP contribution in [0.15, 0.2) is 0 Å². The molecular weight excluding hydrogens is 274 g/mol. The number of methoxy groups -OCH3 is 1. The lowest BCUT2D eigenvalue weighted by molar-refractivity contribution is -0.158. The summed E-state index contributed by atoms with van der Waals surface area (Å²) >= 11 is 0. The van der Waals surface area contributed by atoms with Crippen LogP contribution in [0.3, 0.4) is 0 Å². The van der Waals surface area contributed by atoms with Crippen molar-refractivity contribution in [3.05, 3.63) is 0 Å². The fraction of sp³-hybridized carbons (Fsp3) is 0.800. The van der Waals surface area contributed by atoms with E-state index in [4.69, 9.17) is 4.74 Å². The molecule has 0 aromatic rings. The molecule has 0 aromatic carbocycles. The van der Waals surface area contributed by atoms with Gasteiger partial charge in [0.15, 0.2) is 0 Å². The summed E-state index contributed by atoms with van der Waals surface area (Å²) in [5.74, 6) is -1.91. The molecule has 0 heterocycles. The van der Waals surface area contributed by atoms with E-state index in [2.05, 4.69) is 10.1 Å². The van der Waals surface area contributed by atoms with Gasteiger partial charge in [-0.2, -0.15) is 0 Å². The first kappa shape index (κ1) is 19.4. The highest BCUT2D eigenvalue weighted by molar-refractivity contribution is 5.88. The molecule has 2 atom stereocenters. The van der Waals surface area contributed by atoms with E-state index >= 15 is 0 Å². The lowest BCUT2D eigenvalue weighted by atomic mass is 9.91. The Balaban J connectivity index is 4.72. The Hall–Kier alpha value is -1.59. The molecule has 0 radical (unpaired) electrons. The van der Waals surface area contributed by atoms with Crippen molar-refractivity contribution < 1.29 is 23.9 Å². The van der Waals surface area contributed by atoms with Gasteiger partial charge < -0.3 is 14.8 Å². The van der Waals surface area contributed by atoms with E-state index < -0.39 is 29.5 Å². The maximum atomic E-state index is 12.2. The van der Waals surface area contributed by atoms with Gasteiger partial charge in [0.1, 0.15) is 11.6 Å². The summed E-state index contributed by atoms with van der Waals surface area (Å²) in [7, 11) is 1.26. The molecule has 0 aliphatic carbocycles. The van der Waals surface area contributed by atoms with E-state index in [1.807, 2.05) is 13.8 Å². The van der Waals surface area contributed by atoms with Crippen LogP contribution in [-0.4, -0.2) is 36.6 Å². The van der Waals surface area contributed by atoms with Gasteiger partial charge >= 0.3 is 11.9 Å². The predicted octanol–water partition coefficient (Wildman–Crippen LogP) is 1.67. The van der Waals surface area contributed by atoms with Gasteiger partial charge in [-0.1, -0.05) is 13.8 Å². The molecule has 6 heteroatoms. The molecule has 0 aliphatic heterocycles. The SMILES string of the molecule is COC(=O)[C@H](C)NC(=O)[C@@H](CC(=O)OC(C)(C)C)C(C)C. The van der Waals surface area contributed by atoms with Gasteiger partial charge in [-0.3, -0.25) is 9.59 Å². The first-order chi connectivity index (χ1) is 9.47. The van der Waals surface area contributed by atoms with Crippen molar-refractivity contribution in [1.82, 2.24) is 5.32 Å². The van der Waals surface area contributed by atoms with Crippen LogP contribution >= 0.6 is 0 Å². The predicted molar refractivity (Wildman–Crippen MR) is 78.4 cm³/mol. The van der Waals surface area contributed by atoms with Crippen LogP contribution in [0, 0.1) is 11.8 Å². The molecule has 0 saturated heterocycles. The normalized spacial score (nSPS) is 14.3. The van der Waals surface area contributed by atoms with Gasteiger partial charge in [0, 0.05) is 0 Å². The molecule has 0 unspecified atom stereocenters. The summed E-state index contributed by atoms with van der Waals surface area (Å²) in [6.45, 7) is 10.5. The fourth-order valence-corrected chi connectivity index (χ4v) is 1.75. The van der Waals surface area contributed by atoms with Gasteiger partial charge in [-0.25, -0.2) is 4.79 Å². The lowest BCUT2D eigenvalue weighted by Gasteiger charge is -2.24. The number of carbonyl (C=O) groups is 3. The molecule has 0 saturated carbocycles. The van der Waals surface area contributed by atoms with Crippen molar-refractivity contribution in [2.75, 3.05) is 7.11 Å².